The van der Waals surface area contributed by atoms with Crippen molar-refractivity contribution in [2.45, 2.75) is 53.6 Å². The second-order valence-electron chi connectivity index (χ2n) is 9.92. The molecule has 0 saturated carbocycles. The number of benzene rings is 2. The average Bonchev–Trinajstić information content (AvgIpc) is 2.82. The molecule has 2 aromatic carbocycles. The first kappa shape index (κ1) is 26.4. The Morgan fingerprint density at radius 1 is 1.00 bits per heavy atom. The summed E-state index contributed by atoms with van der Waals surface area (Å²) in [6, 6.07) is 8.88. The molecule has 2 aromatic heterocycles. The lowest BCUT2D eigenvalue weighted by molar-refractivity contribution is 0.285. The summed E-state index contributed by atoms with van der Waals surface area (Å²) in [4.78, 5) is 27.0. The van der Waals surface area contributed by atoms with E-state index >= 15 is 0 Å². The number of ether oxygens (including phenoxy) is 1. The molecule has 0 fully saturated rings. The molecule has 0 atom stereocenters. The molecule has 0 unspecified atom stereocenters. The Bertz CT molecular complexity index is 1560. The van der Waals surface area contributed by atoms with Gasteiger partial charge in [-0.1, -0.05) is 44.5 Å². The van der Waals surface area contributed by atoms with Gasteiger partial charge in [0.15, 0.2) is 5.02 Å². The topological polar surface area (TPSA) is 69.9 Å². The van der Waals surface area contributed by atoms with Gasteiger partial charge in [-0.15, -0.1) is 0 Å². The van der Waals surface area contributed by atoms with Gasteiger partial charge >= 0.3 is 0 Å². The van der Waals surface area contributed by atoms with Crippen LogP contribution in [0.1, 0.15) is 49.1 Å². The van der Waals surface area contributed by atoms with Crippen LogP contribution >= 0.6 is 11.6 Å². The molecule has 0 aliphatic heterocycles. The van der Waals surface area contributed by atoms with Gasteiger partial charge in [0.1, 0.15) is 29.9 Å². The fraction of sp³-hybridized carbons (Fsp3) is 0.286. The summed E-state index contributed by atoms with van der Waals surface area (Å²) in [5.74, 6) is -0.533. The normalized spacial score (nSPS) is 11.6. The Kier molecular flexibility index (Phi) is 7.15. The predicted molar refractivity (Wildman–Crippen MR) is 139 cm³/mol. The van der Waals surface area contributed by atoms with E-state index in [1.54, 1.807) is 13.1 Å². The zero-order valence-electron chi connectivity index (χ0n) is 21.5. The molecule has 4 aromatic rings. The van der Waals surface area contributed by atoms with Gasteiger partial charge in [-0.3, -0.25) is 9.36 Å². The van der Waals surface area contributed by atoms with Crippen LogP contribution in [-0.2, 0) is 12.0 Å². The van der Waals surface area contributed by atoms with Crippen LogP contribution in [0.4, 0.5) is 8.78 Å². The van der Waals surface area contributed by atoms with E-state index in [2.05, 4.69) is 9.97 Å². The molecule has 0 bridgehead atoms. The lowest BCUT2D eigenvalue weighted by Gasteiger charge is -2.19. The van der Waals surface area contributed by atoms with E-state index in [-0.39, 0.29) is 28.5 Å². The highest BCUT2D eigenvalue weighted by Gasteiger charge is 2.21. The second kappa shape index (κ2) is 10.0. The molecule has 6 nitrogen and oxygen atoms in total. The Balaban J connectivity index is 1.75. The summed E-state index contributed by atoms with van der Waals surface area (Å²) in [5.41, 5.74) is 3.27. The molecule has 37 heavy (non-hydrogen) atoms. The van der Waals surface area contributed by atoms with E-state index < -0.39 is 17.2 Å². The highest BCUT2D eigenvalue weighted by atomic mass is 35.5. The van der Waals surface area contributed by atoms with E-state index in [1.165, 1.54) is 10.6 Å². The number of aryl methyl sites for hydroxylation is 3. The third-order valence-electron chi connectivity index (χ3n) is 5.91. The van der Waals surface area contributed by atoms with E-state index in [0.29, 0.717) is 17.3 Å². The SMILES string of the molecule is Cc1ccc(-c2nc(C(C)(C)C)ncc2C)cc1-n1c(C)nc(OCc2ccc(F)cc2F)c(Cl)c1=O. The fourth-order valence-corrected chi connectivity index (χ4v) is 4.02. The van der Waals surface area contributed by atoms with Crippen LogP contribution in [-0.4, -0.2) is 19.5 Å². The molecule has 0 N–H and O–H groups in total. The van der Waals surface area contributed by atoms with Crippen LogP contribution in [0.5, 0.6) is 5.88 Å². The maximum atomic E-state index is 14.0. The smallest absolute Gasteiger partial charge is 0.280 e. The predicted octanol–water partition coefficient (Wildman–Crippen LogP) is 6.42. The van der Waals surface area contributed by atoms with Crippen molar-refractivity contribution in [3.05, 3.63) is 97.9 Å². The van der Waals surface area contributed by atoms with Crippen LogP contribution in [0, 0.1) is 32.4 Å². The number of nitrogens with zero attached hydrogens (tertiary/aromatic N) is 4. The highest BCUT2D eigenvalue weighted by molar-refractivity contribution is 6.31. The Morgan fingerprint density at radius 2 is 1.73 bits per heavy atom. The van der Waals surface area contributed by atoms with Crippen molar-refractivity contribution in [2.24, 2.45) is 0 Å². The monoisotopic (exact) mass is 524 g/mol. The van der Waals surface area contributed by atoms with E-state index in [1.807, 2.05) is 52.8 Å². The standard InChI is InChI=1S/C28H27ClF2N4O2/c1-15-7-8-18(24-16(2)13-32-27(34-24)28(4,5)6)11-22(15)35-17(3)33-25(23(29)26(35)36)37-14-19-9-10-20(30)12-21(19)31/h7-13H,14H2,1-6H3. The summed E-state index contributed by atoms with van der Waals surface area (Å²) < 4.78 is 34.1. The van der Waals surface area contributed by atoms with Gasteiger partial charge in [-0.2, -0.15) is 4.98 Å². The molecule has 2 heterocycles. The maximum Gasteiger partial charge on any atom is 0.280 e. The summed E-state index contributed by atoms with van der Waals surface area (Å²) in [6.07, 6.45) is 1.80. The number of halogens is 3. The maximum absolute atomic E-state index is 14.0. The van der Waals surface area contributed by atoms with Crippen molar-refractivity contribution in [1.29, 1.82) is 0 Å². The zero-order valence-corrected chi connectivity index (χ0v) is 22.2. The fourth-order valence-electron chi connectivity index (χ4n) is 3.84. The molecular weight excluding hydrogens is 498 g/mol. The minimum absolute atomic E-state index is 0.111. The molecule has 9 heteroatoms. The number of rotatable bonds is 5. The largest absolute Gasteiger partial charge is 0.471 e. The van der Waals surface area contributed by atoms with Crippen molar-refractivity contribution in [3.8, 4) is 22.8 Å². The van der Waals surface area contributed by atoms with Crippen molar-refractivity contribution < 1.29 is 13.5 Å². The molecule has 4 rings (SSSR count). The third-order valence-corrected chi connectivity index (χ3v) is 6.23. The lowest BCUT2D eigenvalue weighted by atomic mass is 9.95. The molecule has 0 spiro atoms. The van der Waals surface area contributed by atoms with Crippen LogP contribution in [0.25, 0.3) is 16.9 Å². The first-order chi connectivity index (χ1) is 17.4. The first-order valence-corrected chi connectivity index (χ1v) is 12.1. The first-order valence-electron chi connectivity index (χ1n) is 11.7. The second-order valence-corrected chi connectivity index (χ2v) is 10.3. The molecule has 192 valence electrons. The van der Waals surface area contributed by atoms with Crippen molar-refractivity contribution >= 4 is 11.6 Å². The number of hydrogen-bond acceptors (Lipinski definition) is 5. The van der Waals surface area contributed by atoms with E-state index in [4.69, 9.17) is 21.3 Å². The quantitative estimate of drug-likeness (QED) is 0.301. The molecule has 0 saturated heterocycles. The van der Waals surface area contributed by atoms with Crippen LogP contribution in [0.15, 0.2) is 47.4 Å². The highest BCUT2D eigenvalue weighted by Crippen LogP contribution is 2.29. The number of hydrogen-bond donors (Lipinski definition) is 0. The number of aromatic nitrogens is 4. The summed E-state index contributed by atoms with van der Waals surface area (Å²) in [5, 5.41) is -0.244. The Morgan fingerprint density at radius 3 is 2.41 bits per heavy atom. The van der Waals surface area contributed by atoms with Gasteiger partial charge in [-0.25, -0.2) is 18.7 Å². The van der Waals surface area contributed by atoms with Gasteiger partial charge in [0.05, 0.1) is 11.4 Å². The Hall–Kier alpha value is -3.65. The summed E-state index contributed by atoms with van der Waals surface area (Å²) >= 11 is 6.36. The van der Waals surface area contributed by atoms with Crippen LogP contribution < -0.4 is 10.3 Å². The minimum atomic E-state index is -0.761. The molecule has 0 amide bonds. The van der Waals surface area contributed by atoms with E-state index in [0.717, 1.165) is 34.5 Å². The van der Waals surface area contributed by atoms with Gasteiger partial charge in [0.25, 0.3) is 5.56 Å². The zero-order chi connectivity index (χ0) is 27.1. The summed E-state index contributed by atoms with van der Waals surface area (Å²) in [6.45, 7) is 11.4. The summed E-state index contributed by atoms with van der Waals surface area (Å²) in [7, 11) is 0. The lowest BCUT2D eigenvalue weighted by Crippen LogP contribution is -2.24. The van der Waals surface area contributed by atoms with Gasteiger partial charge < -0.3 is 4.74 Å². The molecule has 0 aliphatic carbocycles. The minimum Gasteiger partial charge on any atom is -0.471 e. The van der Waals surface area contributed by atoms with Gasteiger partial charge in [0, 0.05) is 28.8 Å². The van der Waals surface area contributed by atoms with Crippen molar-refractivity contribution in [3.63, 3.8) is 0 Å². The van der Waals surface area contributed by atoms with Gasteiger partial charge in [0.2, 0.25) is 5.88 Å². The third kappa shape index (κ3) is 5.39. The van der Waals surface area contributed by atoms with Gasteiger partial charge in [-0.05, 0) is 50.1 Å². The molecular formula is C28H27ClF2N4O2. The van der Waals surface area contributed by atoms with E-state index in [9.17, 15) is 13.6 Å². The molecule has 0 radical (unpaired) electrons. The van der Waals surface area contributed by atoms with Crippen LogP contribution in [0.2, 0.25) is 5.02 Å². The Labute approximate surface area is 219 Å². The van der Waals surface area contributed by atoms with Crippen molar-refractivity contribution in [1.82, 2.24) is 19.5 Å². The van der Waals surface area contributed by atoms with Crippen LogP contribution in [0.3, 0.4) is 0 Å². The van der Waals surface area contributed by atoms with Crippen molar-refractivity contribution in [2.75, 3.05) is 0 Å². The molecule has 0 aliphatic rings. The average molecular weight is 525 g/mol.